The first-order valence-electron chi connectivity index (χ1n) is 5.17. The Bertz CT molecular complexity index is 620. The van der Waals surface area contributed by atoms with Gasteiger partial charge >= 0.3 is 0 Å². The molecule has 0 aliphatic rings. The van der Waals surface area contributed by atoms with Crippen molar-refractivity contribution in [2.24, 2.45) is 0 Å². The maximum atomic E-state index is 13.5. The second-order valence-corrected chi connectivity index (χ2v) is 4.89. The highest BCUT2D eigenvalue weighted by molar-refractivity contribution is 14.1. The average molecular weight is 382 g/mol. The lowest BCUT2D eigenvalue weighted by atomic mass is 10.2. The predicted octanol–water partition coefficient (Wildman–Crippen LogP) is 4.95. The van der Waals surface area contributed by atoms with Gasteiger partial charge in [0.15, 0.2) is 11.6 Å². The fourth-order valence-electron chi connectivity index (χ4n) is 1.43. The standard InChI is InChI=1S/C13H7F4IO/c1-6-2-3-10(12(17)11(6)16)19-7-4-8(14)13(18)9(15)5-7/h2-5H,1H3. The maximum absolute atomic E-state index is 13.5. The zero-order chi connectivity index (χ0) is 14.2. The summed E-state index contributed by atoms with van der Waals surface area (Å²) in [6.45, 7) is 1.40. The number of ether oxygens (including phenoxy) is 1. The third kappa shape index (κ3) is 2.83. The van der Waals surface area contributed by atoms with E-state index in [2.05, 4.69) is 0 Å². The number of benzene rings is 2. The molecular formula is C13H7F4IO. The Morgan fingerprint density at radius 2 is 1.53 bits per heavy atom. The fraction of sp³-hybridized carbons (Fsp3) is 0.0769. The number of hydrogen-bond acceptors (Lipinski definition) is 1. The molecule has 0 amide bonds. The molecular weight excluding hydrogens is 375 g/mol. The van der Waals surface area contributed by atoms with Crippen molar-refractivity contribution in [2.45, 2.75) is 6.92 Å². The zero-order valence-corrected chi connectivity index (χ0v) is 11.8. The minimum atomic E-state index is -1.20. The van der Waals surface area contributed by atoms with Gasteiger partial charge in [-0.1, -0.05) is 6.07 Å². The number of hydrogen-bond donors (Lipinski definition) is 0. The molecule has 0 N–H and O–H groups in total. The summed E-state index contributed by atoms with van der Waals surface area (Å²) in [5.41, 5.74) is 0.116. The summed E-state index contributed by atoms with van der Waals surface area (Å²) in [4.78, 5) is 0. The Kier molecular flexibility index (Phi) is 3.98. The summed E-state index contributed by atoms with van der Waals surface area (Å²) in [5.74, 6) is -4.57. The number of halogens is 5. The normalized spacial score (nSPS) is 10.6. The second kappa shape index (κ2) is 5.36. The lowest BCUT2D eigenvalue weighted by Crippen LogP contribution is -1.96. The molecule has 0 atom stereocenters. The molecule has 0 fully saturated rings. The van der Waals surface area contributed by atoms with Crippen LogP contribution in [0.1, 0.15) is 5.56 Å². The Balaban J connectivity index is 2.39. The summed E-state index contributed by atoms with van der Waals surface area (Å²) >= 11 is 1.49. The van der Waals surface area contributed by atoms with Crippen LogP contribution in [0.4, 0.5) is 17.6 Å². The number of aryl methyl sites for hydroxylation is 1. The van der Waals surface area contributed by atoms with Gasteiger partial charge in [0.05, 0.1) is 3.57 Å². The van der Waals surface area contributed by atoms with Crippen molar-refractivity contribution in [1.82, 2.24) is 0 Å². The lowest BCUT2D eigenvalue weighted by Gasteiger charge is -2.09. The first-order valence-corrected chi connectivity index (χ1v) is 6.25. The van der Waals surface area contributed by atoms with Gasteiger partial charge in [-0.25, -0.2) is 13.2 Å². The minimum Gasteiger partial charge on any atom is -0.454 e. The first-order chi connectivity index (χ1) is 8.90. The van der Waals surface area contributed by atoms with E-state index in [1.54, 1.807) is 0 Å². The van der Waals surface area contributed by atoms with Crippen LogP contribution in [0, 0.1) is 33.8 Å². The quantitative estimate of drug-likeness (QED) is 0.406. The van der Waals surface area contributed by atoms with Crippen molar-refractivity contribution in [1.29, 1.82) is 0 Å². The van der Waals surface area contributed by atoms with Crippen molar-refractivity contribution >= 4 is 22.6 Å². The molecule has 1 nitrogen and oxygen atoms in total. The van der Waals surface area contributed by atoms with Crippen LogP contribution < -0.4 is 4.74 Å². The van der Waals surface area contributed by atoms with E-state index in [0.29, 0.717) is 0 Å². The Hall–Kier alpha value is -1.31. The maximum Gasteiger partial charge on any atom is 0.201 e. The van der Waals surface area contributed by atoms with Crippen molar-refractivity contribution < 1.29 is 22.3 Å². The highest BCUT2D eigenvalue weighted by atomic mass is 127. The largest absolute Gasteiger partial charge is 0.454 e. The first kappa shape index (κ1) is 14.1. The molecule has 0 saturated heterocycles. The molecule has 0 spiro atoms. The van der Waals surface area contributed by atoms with E-state index in [-0.39, 0.29) is 14.9 Å². The van der Waals surface area contributed by atoms with Crippen molar-refractivity contribution in [3.05, 3.63) is 56.7 Å². The molecule has 0 radical (unpaired) electrons. The molecule has 6 heteroatoms. The summed E-state index contributed by atoms with van der Waals surface area (Å²) in [6, 6.07) is 4.32. The van der Waals surface area contributed by atoms with Crippen LogP contribution in [0.2, 0.25) is 0 Å². The molecule has 0 unspecified atom stereocenters. The van der Waals surface area contributed by atoms with E-state index in [9.17, 15) is 17.6 Å². The minimum absolute atomic E-state index is 0.116. The smallest absolute Gasteiger partial charge is 0.201 e. The second-order valence-electron chi connectivity index (χ2n) is 3.81. The van der Waals surface area contributed by atoms with Gasteiger partial charge in [0.2, 0.25) is 5.82 Å². The fourth-order valence-corrected chi connectivity index (χ4v) is 1.74. The molecule has 2 aromatic rings. The zero-order valence-electron chi connectivity index (χ0n) is 9.61. The van der Waals surface area contributed by atoms with E-state index in [1.165, 1.54) is 41.6 Å². The Morgan fingerprint density at radius 3 is 2.11 bits per heavy atom. The van der Waals surface area contributed by atoms with E-state index < -0.39 is 29.0 Å². The third-order valence-corrected chi connectivity index (χ3v) is 3.46. The van der Waals surface area contributed by atoms with Gasteiger partial charge in [0.1, 0.15) is 17.4 Å². The van der Waals surface area contributed by atoms with E-state index in [4.69, 9.17) is 4.74 Å². The summed E-state index contributed by atoms with van der Waals surface area (Å²) in [5, 5.41) is 0. The molecule has 0 aliphatic carbocycles. The molecule has 0 aromatic heterocycles. The van der Waals surface area contributed by atoms with Gasteiger partial charge in [0, 0.05) is 12.1 Å². The van der Waals surface area contributed by atoms with Crippen LogP contribution in [0.15, 0.2) is 24.3 Å². The Labute approximate surface area is 120 Å². The molecule has 100 valence electrons. The topological polar surface area (TPSA) is 9.23 Å². The van der Waals surface area contributed by atoms with Crippen LogP contribution in [0.5, 0.6) is 11.5 Å². The van der Waals surface area contributed by atoms with Gasteiger partial charge in [-0.15, -0.1) is 0 Å². The van der Waals surface area contributed by atoms with Crippen molar-refractivity contribution in [3.63, 3.8) is 0 Å². The van der Waals surface area contributed by atoms with Crippen LogP contribution in [0.3, 0.4) is 0 Å². The lowest BCUT2D eigenvalue weighted by molar-refractivity contribution is 0.409. The van der Waals surface area contributed by atoms with Gasteiger partial charge in [-0.3, -0.25) is 0 Å². The monoisotopic (exact) mass is 382 g/mol. The van der Waals surface area contributed by atoms with Gasteiger partial charge in [-0.2, -0.15) is 4.39 Å². The predicted molar refractivity (Wildman–Crippen MR) is 70.2 cm³/mol. The van der Waals surface area contributed by atoms with Crippen molar-refractivity contribution in [2.75, 3.05) is 0 Å². The summed E-state index contributed by atoms with van der Waals surface area (Å²) in [6.07, 6.45) is 0. The molecule has 2 rings (SSSR count). The van der Waals surface area contributed by atoms with Crippen molar-refractivity contribution in [3.8, 4) is 11.5 Å². The van der Waals surface area contributed by atoms with Gasteiger partial charge in [0.25, 0.3) is 0 Å². The third-order valence-electron chi connectivity index (χ3n) is 2.43. The molecule has 19 heavy (non-hydrogen) atoms. The molecule has 0 bridgehead atoms. The summed E-state index contributed by atoms with van der Waals surface area (Å²) < 4.78 is 58.2. The van der Waals surface area contributed by atoms with Crippen LogP contribution in [-0.2, 0) is 0 Å². The van der Waals surface area contributed by atoms with E-state index in [1.807, 2.05) is 0 Å². The molecule has 2 aromatic carbocycles. The Morgan fingerprint density at radius 1 is 0.947 bits per heavy atom. The van der Waals surface area contributed by atoms with Crippen LogP contribution >= 0.6 is 22.6 Å². The molecule has 0 aliphatic heterocycles. The SMILES string of the molecule is Cc1ccc(Oc2cc(F)c(I)c(F)c2)c(F)c1F. The highest BCUT2D eigenvalue weighted by Crippen LogP contribution is 2.29. The van der Waals surface area contributed by atoms with Crippen LogP contribution in [0.25, 0.3) is 0 Å². The summed E-state index contributed by atoms with van der Waals surface area (Å²) in [7, 11) is 0. The van der Waals surface area contributed by atoms with Crippen LogP contribution in [-0.4, -0.2) is 0 Å². The highest BCUT2D eigenvalue weighted by Gasteiger charge is 2.15. The van der Waals surface area contributed by atoms with E-state index >= 15 is 0 Å². The van der Waals surface area contributed by atoms with Gasteiger partial charge in [-0.05, 0) is 41.1 Å². The van der Waals surface area contributed by atoms with E-state index in [0.717, 1.165) is 12.1 Å². The molecule has 0 heterocycles. The molecule has 0 saturated carbocycles. The van der Waals surface area contributed by atoms with Gasteiger partial charge < -0.3 is 4.74 Å². The average Bonchev–Trinajstić information content (AvgIpc) is 2.36. The number of rotatable bonds is 2.